The Kier molecular flexibility index (Phi) is 4.96. The lowest BCUT2D eigenvalue weighted by molar-refractivity contribution is 0.205. The molecule has 0 radical (unpaired) electrons. The monoisotopic (exact) mass is 260 g/mol. The van der Waals surface area contributed by atoms with Gasteiger partial charge in [-0.1, -0.05) is 56.0 Å². The summed E-state index contributed by atoms with van der Waals surface area (Å²) in [6, 6.07) is 0. The van der Waals surface area contributed by atoms with Crippen LogP contribution in [0.25, 0.3) is 0 Å². The summed E-state index contributed by atoms with van der Waals surface area (Å²) in [4.78, 5) is 0.793. The minimum absolute atomic E-state index is 0.520. The van der Waals surface area contributed by atoms with Gasteiger partial charge in [0.25, 0.3) is 0 Å². The summed E-state index contributed by atoms with van der Waals surface area (Å²) >= 11 is 3.78. The normalized spacial score (nSPS) is 31.7. The van der Waals surface area contributed by atoms with Crippen molar-refractivity contribution in [2.24, 2.45) is 11.3 Å². The molecule has 1 aliphatic rings. The molecule has 0 aromatic carbocycles. The SMILES string of the molecule is CC(C)(C)C1CCCCC(Br)CCC1. The molecule has 1 saturated carbocycles. The molecule has 0 bridgehead atoms. The molecule has 2 unspecified atom stereocenters. The zero-order valence-corrected chi connectivity index (χ0v) is 11.6. The molecule has 0 amide bonds. The summed E-state index contributed by atoms with van der Waals surface area (Å²) in [6.45, 7) is 7.21. The summed E-state index contributed by atoms with van der Waals surface area (Å²) in [5, 5.41) is 0. The van der Waals surface area contributed by atoms with Crippen LogP contribution in [0.1, 0.15) is 65.7 Å². The standard InChI is InChI=1S/C13H25Br/c1-13(2,3)11-7-4-5-9-12(14)10-6-8-11/h11-12H,4-10H2,1-3H3. The van der Waals surface area contributed by atoms with E-state index in [0.717, 1.165) is 10.7 Å². The molecule has 2 atom stereocenters. The minimum Gasteiger partial charge on any atom is -0.0891 e. The van der Waals surface area contributed by atoms with Crippen molar-refractivity contribution in [2.45, 2.75) is 70.5 Å². The van der Waals surface area contributed by atoms with Crippen LogP contribution in [0, 0.1) is 11.3 Å². The molecular weight excluding hydrogens is 236 g/mol. The van der Waals surface area contributed by atoms with Crippen molar-refractivity contribution in [3.05, 3.63) is 0 Å². The van der Waals surface area contributed by atoms with E-state index in [9.17, 15) is 0 Å². The van der Waals surface area contributed by atoms with Crippen LogP contribution in [0.5, 0.6) is 0 Å². The van der Waals surface area contributed by atoms with Gasteiger partial charge in [-0.25, -0.2) is 0 Å². The van der Waals surface area contributed by atoms with Gasteiger partial charge >= 0.3 is 0 Å². The maximum absolute atomic E-state index is 3.78. The molecule has 84 valence electrons. The van der Waals surface area contributed by atoms with E-state index in [4.69, 9.17) is 0 Å². The highest BCUT2D eigenvalue weighted by Gasteiger charge is 2.24. The zero-order valence-electron chi connectivity index (χ0n) is 9.98. The topological polar surface area (TPSA) is 0 Å². The Morgan fingerprint density at radius 3 is 2.00 bits per heavy atom. The Morgan fingerprint density at radius 2 is 1.36 bits per heavy atom. The van der Waals surface area contributed by atoms with Gasteiger partial charge in [-0.15, -0.1) is 0 Å². The molecule has 1 rings (SSSR count). The number of rotatable bonds is 0. The highest BCUT2D eigenvalue weighted by atomic mass is 79.9. The van der Waals surface area contributed by atoms with E-state index in [-0.39, 0.29) is 0 Å². The fourth-order valence-corrected chi connectivity index (χ4v) is 3.14. The van der Waals surface area contributed by atoms with E-state index in [0.29, 0.717) is 5.41 Å². The number of hydrogen-bond acceptors (Lipinski definition) is 0. The van der Waals surface area contributed by atoms with Crippen molar-refractivity contribution in [1.82, 2.24) is 0 Å². The van der Waals surface area contributed by atoms with Crippen LogP contribution in [0.15, 0.2) is 0 Å². The van der Waals surface area contributed by atoms with E-state index in [2.05, 4.69) is 36.7 Å². The van der Waals surface area contributed by atoms with Gasteiger partial charge in [0.05, 0.1) is 0 Å². The van der Waals surface area contributed by atoms with E-state index < -0.39 is 0 Å². The summed E-state index contributed by atoms with van der Waals surface area (Å²) in [5.74, 6) is 0.945. The Morgan fingerprint density at radius 1 is 0.857 bits per heavy atom. The highest BCUT2D eigenvalue weighted by Crippen LogP contribution is 2.36. The Bertz CT molecular complexity index is 157. The highest BCUT2D eigenvalue weighted by molar-refractivity contribution is 9.09. The van der Waals surface area contributed by atoms with Crippen LogP contribution in [0.4, 0.5) is 0 Å². The number of alkyl halides is 1. The molecule has 0 N–H and O–H groups in total. The average Bonchev–Trinajstić information content (AvgIpc) is 2.15. The summed E-state index contributed by atoms with van der Waals surface area (Å²) in [5.41, 5.74) is 0.520. The van der Waals surface area contributed by atoms with Crippen LogP contribution in [0.2, 0.25) is 0 Å². The smallest absolute Gasteiger partial charge is 0.0145 e. The first kappa shape index (κ1) is 12.5. The van der Waals surface area contributed by atoms with E-state index >= 15 is 0 Å². The van der Waals surface area contributed by atoms with Gasteiger partial charge in [-0.3, -0.25) is 0 Å². The van der Waals surface area contributed by atoms with Crippen LogP contribution >= 0.6 is 15.9 Å². The minimum atomic E-state index is 0.520. The second-order valence-corrected chi connectivity index (χ2v) is 7.17. The molecule has 0 aromatic rings. The lowest BCUT2D eigenvalue weighted by Gasteiger charge is -2.30. The molecule has 0 saturated heterocycles. The van der Waals surface area contributed by atoms with Crippen LogP contribution in [-0.4, -0.2) is 4.83 Å². The molecule has 14 heavy (non-hydrogen) atoms. The number of hydrogen-bond donors (Lipinski definition) is 0. The van der Waals surface area contributed by atoms with Crippen LogP contribution in [-0.2, 0) is 0 Å². The lowest BCUT2D eigenvalue weighted by Crippen LogP contribution is -2.20. The van der Waals surface area contributed by atoms with Gasteiger partial charge in [0.1, 0.15) is 0 Å². The second kappa shape index (κ2) is 5.53. The molecule has 0 aliphatic heterocycles. The lowest BCUT2D eigenvalue weighted by atomic mass is 9.75. The zero-order chi connectivity index (χ0) is 10.6. The van der Waals surface area contributed by atoms with Crippen LogP contribution in [0.3, 0.4) is 0 Å². The van der Waals surface area contributed by atoms with E-state index in [1.54, 1.807) is 0 Å². The Balaban J connectivity index is 2.45. The molecule has 1 heteroatoms. The summed E-state index contributed by atoms with van der Waals surface area (Å²) < 4.78 is 0. The van der Waals surface area contributed by atoms with Gasteiger partial charge in [0, 0.05) is 4.83 Å². The maximum atomic E-state index is 3.78. The summed E-state index contributed by atoms with van der Waals surface area (Å²) in [6.07, 6.45) is 9.92. The van der Waals surface area contributed by atoms with Crippen molar-refractivity contribution in [2.75, 3.05) is 0 Å². The van der Waals surface area contributed by atoms with Gasteiger partial charge in [-0.05, 0) is 37.0 Å². The maximum Gasteiger partial charge on any atom is 0.0145 e. The fraction of sp³-hybridized carbons (Fsp3) is 1.00. The molecule has 0 heterocycles. The molecule has 0 nitrogen and oxygen atoms in total. The predicted molar refractivity (Wildman–Crippen MR) is 68.0 cm³/mol. The van der Waals surface area contributed by atoms with Gasteiger partial charge < -0.3 is 0 Å². The number of halogens is 1. The summed E-state index contributed by atoms with van der Waals surface area (Å²) in [7, 11) is 0. The fourth-order valence-electron chi connectivity index (χ4n) is 2.50. The quantitative estimate of drug-likeness (QED) is 0.528. The first-order valence-corrected chi connectivity index (χ1v) is 7.06. The third-order valence-electron chi connectivity index (χ3n) is 3.61. The van der Waals surface area contributed by atoms with Gasteiger partial charge in [0.15, 0.2) is 0 Å². The molecule has 1 fully saturated rings. The molecule has 0 aromatic heterocycles. The van der Waals surface area contributed by atoms with E-state index in [1.165, 1.54) is 44.9 Å². The van der Waals surface area contributed by atoms with Crippen molar-refractivity contribution in [3.8, 4) is 0 Å². The molecular formula is C13H25Br. The van der Waals surface area contributed by atoms with Gasteiger partial charge in [-0.2, -0.15) is 0 Å². The largest absolute Gasteiger partial charge is 0.0891 e. The van der Waals surface area contributed by atoms with Crippen molar-refractivity contribution in [3.63, 3.8) is 0 Å². The predicted octanol–water partition coefficient (Wildman–Crippen LogP) is 5.16. The first-order chi connectivity index (χ1) is 6.50. The van der Waals surface area contributed by atoms with E-state index in [1.807, 2.05) is 0 Å². The second-order valence-electron chi connectivity index (χ2n) is 5.88. The third-order valence-corrected chi connectivity index (χ3v) is 4.53. The molecule has 1 aliphatic carbocycles. The third kappa shape index (κ3) is 4.33. The Hall–Kier alpha value is 0.480. The van der Waals surface area contributed by atoms with Crippen molar-refractivity contribution >= 4 is 15.9 Å². The van der Waals surface area contributed by atoms with Crippen molar-refractivity contribution < 1.29 is 0 Å². The van der Waals surface area contributed by atoms with Gasteiger partial charge in [0.2, 0.25) is 0 Å². The van der Waals surface area contributed by atoms with Crippen molar-refractivity contribution in [1.29, 1.82) is 0 Å². The molecule has 0 spiro atoms. The average molecular weight is 261 g/mol. The Labute approximate surface area is 98.0 Å². The first-order valence-electron chi connectivity index (χ1n) is 6.14. The van der Waals surface area contributed by atoms with Crippen LogP contribution < -0.4 is 0 Å².